The maximum atomic E-state index is 6.03. The second kappa shape index (κ2) is 3.22. The summed E-state index contributed by atoms with van der Waals surface area (Å²) in [4.78, 5) is 7.69. The minimum atomic E-state index is -0.460. The molecule has 1 heterocycles. The number of H-pyrrole nitrogens is 1. The van der Waals surface area contributed by atoms with Crippen LogP contribution in [0, 0.1) is 6.92 Å². The standard InChI is InChI=1S/C11H14ClN3/c1-6-7(12)4-5-8-9(6)15-10(14-8)11(2,3)13/h4-5H,13H2,1-3H3,(H,14,15). The van der Waals surface area contributed by atoms with Crippen LogP contribution in [0.15, 0.2) is 12.1 Å². The van der Waals surface area contributed by atoms with Crippen LogP contribution in [0.3, 0.4) is 0 Å². The first-order valence-electron chi connectivity index (χ1n) is 4.84. The number of nitrogens with two attached hydrogens (primary N) is 1. The fourth-order valence-electron chi connectivity index (χ4n) is 1.49. The Bertz CT molecular complexity index is 508. The van der Waals surface area contributed by atoms with Crippen molar-refractivity contribution in [2.75, 3.05) is 0 Å². The molecule has 80 valence electrons. The normalized spacial score (nSPS) is 12.3. The average Bonchev–Trinajstić information content (AvgIpc) is 2.55. The highest BCUT2D eigenvalue weighted by Crippen LogP contribution is 2.25. The zero-order chi connectivity index (χ0) is 11.2. The molecule has 1 aromatic carbocycles. The van der Waals surface area contributed by atoms with E-state index >= 15 is 0 Å². The largest absolute Gasteiger partial charge is 0.340 e. The van der Waals surface area contributed by atoms with Crippen LogP contribution < -0.4 is 5.73 Å². The van der Waals surface area contributed by atoms with E-state index in [1.165, 1.54) is 0 Å². The van der Waals surface area contributed by atoms with Crippen molar-refractivity contribution < 1.29 is 0 Å². The van der Waals surface area contributed by atoms with Crippen molar-refractivity contribution in [3.8, 4) is 0 Å². The Balaban J connectivity index is 2.72. The molecule has 0 spiro atoms. The number of hydrogen-bond donors (Lipinski definition) is 2. The van der Waals surface area contributed by atoms with Gasteiger partial charge in [0.05, 0.1) is 16.6 Å². The van der Waals surface area contributed by atoms with Gasteiger partial charge >= 0.3 is 0 Å². The van der Waals surface area contributed by atoms with E-state index in [1.54, 1.807) is 0 Å². The van der Waals surface area contributed by atoms with E-state index in [0.29, 0.717) is 0 Å². The van der Waals surface area contributed by atoms with Crippen molar-refractivity contribution in [3.05, 3.63) is 28.5 Å². The zero-order valence-corrected chi connectivity index (χ0v) is 9.81. The molecule has 3 N–H and O–H groups in total. The highest BCUT2D eigenvalue weighted by Gasteiger charge is 2.19. The molecule has 1 aromatic heterocycles. The van der Waals surface area contributed by atoms with Gasteiger partial charge in [-0.05, 0) is 38.5 Å². The molecule has 3 nitrogen and oxygen atoms in total. The first kappa shape index (κ1) is 10.5. The van der Waals surface area contributed by atoms with E-state index in [4.69, 9.17) is 17.3 Å². The van der Waals surface area contributed by atoms with Gasteiger partial charge in [-0.15, -0.1) is 0 Å². The third-order valence-electron chi connectivity index (χ3n) is 2.45. The highest BCUT2D eigenvalue weighted by atomic mass is 35.5. The maximum absolute atomic E-state index is 6.03. The van der Waals surface area contributed by atoms with E-state index in [-0.39, 0.29) is 0 Å². The molecule has 0 saturated carbocycles. The van der Waals surface area contributed by atoms with Crippen molar-refractivity contribution in [2.24, 2.45) is 5.73 Å². The topological polar surface area (TPSA) is 54.7 Å². The quantitative estimate of drug-likeness (QED) is 0.781. The first-order valence-corrected chi connectivity index (χ1v) is 5.21. The number of aryl methyl sites for hydroxylation is 1. The number of aromatic nitrogens is 2. The monoisotopic (exact) mass is 223 g/mol. The maximum Gasteiger partial charge on any atom is 0.126 e. The Morgan fingerprint density at radius 2 is 2.07 bits per heavy atom. The Hall–Kier alpha value is -1.06. The number of aromatic amines is 1. The molecule has 2 rings (SSSR count). The van der Waals surface area contributed by atoms with E-state index in [1.807, 2.05) is 32.9 Å². The van der Waals surface area contributed by atoms with Crippen molar-refractivity contribution >= 4 is 22.6 Å². The van der Waals surface area contributed by atoms with Crippen LogP contribution in [0.25, 0.3) is 11.0 Å². The molecule has 0 aliphatic heterocycles. The van der Waals surface area contributed by atoms with E-state index in [9.17, 15) is 0 Å². The Kier molecular flexibility index (Phi) is 2.24. The van der Waals surface area contributed by atoms with Gasteiger partial charge < -0.3 is 10.7 Å². The number of fused-ring (bicyclic) bond motifs is 1. The molecule has 0 amide bonds. The Labute approximate surface area is 93.6 Å². The summed E-state index contributed by atoms with van der Waals surface area (Å²) in [7, 11) is 0. The second-order valence-corrected chi connectivity index (χ2v) is 4.78. The Morgan fingerprint density at radius 1 is 1.40 bits per heavy atom. The lowest BCUT2D eigenvalue weighted by Crippen LogP contribution is -2.30. The molecule has 0 aliphatic rings. The van der Waals surface area contributed by atoms with Gasteiger partial charge in [0.15, 0.2) is 0 Å². The minimum absolute atomic E-state index is 0.460. The molecule has 0 atom stereocenters. The van der Waals surface area contributed by atoms with Crippen molar-refractivity contribution in [2.45, 2.75) is 26.3 Å². The van der Waals surface area contributed by atoms with E-state index in [0.717, 1.165) is 27.4 Å². The molecule has 0 saturated heterocycles. The summed E-state index contributed by atoms with van der Waals surface area (Å²) in [5, 5.41) is 0.732. The smallest absolute Gasteiger partial charge is 0.126 e. The summed E-state index contributed by atoms with van der Waals surface area (Å²) in [5.74, 6) is 0.780. The molecule has 4 heteroatoms. The summed E-state index contributed by atoms with van der Waals surface area (Å²) >= 11 is 6.03. The number of hydrogen-bond acceptors (Lipinski definition) is 2. The van der Waals surface area contributed by atoms with Crippen LogP contribution in [0.2, 0.25) is 5.02 Å². The molecule has 0 bridgehead atoms. The lowest BCUT2D eigenvalue weighted by molar-refractivity contribution is 0.522. The van der Waals surface area contributed by atoms with E-state index < -0.39 is 5.54 Å². The molecular weight excluding hydrogens is 210 g/mol. The summed E-state index contributed by atoms with van der Waals surface area (Å²) in [6, 6.07) is 3.79. The second-order valence-electron chi connectivity index (χ2n) is 4.38. The average molecular weight is 224 g/mol. The number of benzene rings is 1. The number of imidazole rings is 1. The van der Waals surface area contributed by atoms with Crippen molar-refractivity contribution in [1.82, 2.24) is 9.97 Å². The fraction of sp³-hybridized carbons (Fsp3) is 0.364. The van der Waals surface area contributed by atoms with Gasteiger partial charge in [-0.2, -0.15) is 0 Å². The fourth-order valence-corrected chi connectivity index (χ4v) is 1.65. The van der Waals surface area contributed by atoms with Gasteiger partial charge in [0, 0.05) is 5.02 Å². The third-order valence-corrected chi connectivity index (χ3v) is 2.86. The summed E-state index contributed by atoms with van der Waals surface area (Å²) in [6.07, 6.45) is 0. The van der Waals surface area contributed by atoms with Gasteiger partial charge in [-0.3, -0.25) is 0 Å². The number of nitrogens with zero attached hydrogens (tertiary/aromatic N) is 1. The van der Waals surface area contributed by atoms with E-state index in [2.05, 4.69) is 9.97 Å². The predicted molar refractivity (Wildman–Crippen MR) is 63.1 cm³/mol. The first-order chi connectivity index (χ1) is 6.89. The molecule has 2 aromatic rings. The van der Waals surface area contributed by atoms with Gasteiger partial charge in [-0.25, -0.2) is 4.98 Å². The van der Waals surface area contributed by atoms with Crippen LogP contribution in [0.5, 0.6) is 0 Å². The molecule has 0 radical (unpaired) electrons. The predicted octanol–water partition coefficient (Wildman–Crippen LogP) is 2.72. The van der Waals surface area contributed by atoms with Gasteiger partial charge in [0.1, 0.15) is 5.82 Å². The van der Waals surface area contributed by atoms with Crippen molar-refractivity contribution in [3.63, 3.8) is 0 Å². The van der Waals surface area contributed by atoms with Gasteiger partial charge in [0.2, 0.25) is 0 Å². The molecule has 15 heavy (non-hydrogen) atoms. The highest BCUT2D eigenvalue weighted by molar-refractivity contribution is 6.32. The lowest BCUT2D eigenvalue weighted by atomic mass is 10.1. The summed E-state index contributed by atoms with van der Waals surface area (Å²) < 4.78 is 0. The lowest BCUT2D eigenvalue weighted by Gasteiger charge is -2.14. The summed E-state index contributed by atoms with van der Waals surface area (Å²) in [5.41, 5.74) is 8.38. The summed E-state index contributed by atoms with van der Waals surface area (Å²) in [6.45, 7) is 5.79. The van der Waals surface area contributed by atoms with Crippen LogP contribution >= 0.6 is 11.6 Å². The molecule has 0 unspecified atom stereocenters. The number of halogens is 1. The number of nitrogens with one attached hydrogen (secondary N) is 1. The SMILES string of the molecule is Cc1c(Cl)ccc2[nH]c(C(C)(C)N)nc12. The minimum Gasteiger partial charge on any atom is -0.340 e. The van der Waals surface area contributed by atoms with Crippen LogP contribution in [-0.4, -0.2) is 9.97 Å². The van der Waals surface area contributed by atoms with Gasteiger partial charge in [0.25, 0.3) is 0 Å². The zero-order valence-electron chi connectivity index (χ0n) is 9.06. The Morgan fingerprint density at radius 3 is 2.67 bits per heavy atom. The van der Waals surface area contributed by atoms with Crippen LogP contribution in [0.1, 0.15) is 25.2 Å². The molecular formula is C11H14ClN3. The number of rotatable bonds is 1. The molecule has 0 fully saturated rings. The van der Waals surface area contributed by atoms with Crippen LogP contribution in [0.4, 0.5) is 0 Å². The van der Waals surface area contributed by atoms with Gasteiger partial charge in [-0.1, -0.05) is 11.6 Å². The molecule has 0 aliphatic carbocycles. The van der Waals surface area contributed by atoms with Crippen molar-refractivity contribution in [1.29, 1.82) is 0 Å². The third kappa shape index (κ3) is 1.73. The van der Waals surface area contributed by atoms with Crippen LogP contribution in [-0.2, 0) is 5.54 Å².